The van der Waals surface area contributed by atoms with Crippen LogP contribution in [-0.4, -0.2) is 59.8 Å². The molecule has 1 fully saturated rings. The molecule has 0 radical (unpaired) electrons. The zero-order chi connectivity index (χ0) is 16.0. The predicted molar refractivity (Wildman–Crippen MR) is 76.8 cm³/mol. The zero-order valence-corrected chi connectivity index (χ0v) is 12.3. The van der Waals surface area contributed by atoms with Gasteiger partial charge in [-0.05, 0) is 0 Å². The largest absolute Gasteiger partial charge is 0.394 e. The number of aliphatic hydroxyl groups excluding tert-OH is 3. The molecule has 9 heteroatoms. The lowest BCUT2D eigenvalue weighted by Gasteiger charge is -2.17. The standard InChI is InChI=1S/C13H19N5O4/c1-5(2)11-16-10(14)7-12(17-11)18(4-15-7)13-9(21)8(20)6(3-19)22-13/h4-6,8-9,13,19-21H,3H2,1-2H3,(H2,14,16,17)/t6-,8?,9?,13-/m1/s1. The molecule has 4 atom stereocenters. The SMILES string of the molecule is CC(C)c1nc(N)c2ncn([C@@H]3O[C@H](CO)C(O)C3O)c2n1. The van der Waals surface area contributed by atoms with E-state index in [0.717, 1.165) is 0 Å². The minimum absolute atomic E-state index is 0.0697. The molecular formula is C13H19N5O4. The van der Waals surface area contributed by atoms with Gasteiger partial charge in [0.25, 0.3) is 0 Å². The van der Waals surface area contributed by atoms with Crippen LogP contribution in [0.2, 0.25) is 0 Å². The number of hydrogen-bond donors (Lipinski definition) is 4. The van der Waals surface area contributed by atoms with Gasteiger partial charge in [-0.1, -0.05) is 13.8 Å². The average molecular weight is 309 g/mol. The van der Waals surface area contributed by atoms with Gasteiger partial charge in [0.2, 0.25) is 0 Å². The summed E-state index contributed by atoms with van der Waals surface area (Å²) in [6, 6.07) is 0. The molecule has 5 N–H and O–H groups in total. The van der Waals surface area contributed by atoms with E-state index in [9.17, 15) is 15.3 Å². The summed E-state index contributed by atoms with van der Waals surface area (Å²) in [5.41, 5.74) is 6.73. The Bertz CT molecular complexity index is 688. The smallest absolute Gasteiger partial charge is 0.167 e. The first-order chi connectivity index (χ1) is 10.4. The highest BCUT2D eigenvalue weighted by atomic mass is 16.6. The van der Waals surface area contributed by atoms with Crippen LogP contribution in [0.4, 0.5) is 5.82 Å². The lowest BCUT2D eigenvalue weighted by atomic mass is 10.1. The van der Waals surface area contributed by atoms with Gasteiger partial charge in [-0.15, -0.1) is 0 Å². The lowest BCUT2D eigenvalue weighted by Crippen LogP contribution is -2.33. The molecule has 9 nitrogen and oxygen atoms in total. The molecule has 3 heterocycles. The number of anilines is 1. The van der Waals surface area contributed by atoms with Crippen LogP contribution >= 0.6 is 0 Å². The van der Waals surface area contributed by atoms with E-state index in [1.165, 1.54) is 10.9 Å². The third-order valence-corrected chi connectivity index (χ3v) is 3.77. The van der Waals surface area contributed by atoms with E-state index >= 15 is 0 Å². The van der Waals surface area contributed by atoms with Crippen molar-refractivity contribution in [2.45, 2.75) is 44.3 Å². The molecular weight excluding hydrogens is 290 g/mol. The highest BCUT2D eigenvalue weighted by Gasteiger charge is 2.44. The topological polar surface area (TPSA) is 140 Å². The summed E-state index contributed by atoms with van der Waals surface area (Å²) < 4.78 is 7.00. The average Bonchev–Trinajstić information content (AvgIpc) is 3.02. The number of nitrogen functional groups attached to an aromatic ring is 1. The van der Waals surface area contributed by atoms with E-state index in [1.807, 2.05) is 13.8 Å². The monoisotopic (exact) mass is 309 g/mol. The van der Waals surface area contributed by atoms with Crippen LogP contribution in [0.15, 0.2) is 6.33 Å². The van der Waals surface area contributed by atoms with Crippen LogP contribution in [0.25, 0.3) is 11.2 Å². The number of nitrogens with two attached hydrogens (primary N) is 1. The second-order valence-electron chi connectivity index (χ2n) is 5.67. The Kier molecular flexibility index (Phi) is 3.73. The van der Waals surface area contributed by atoms with Crippen molar-refractivity contribution in [1.82, 2.24) is 19.5 Å². The number of imidazole rings is 1. The number of ether oxygens (including phenoxy) is 1. The molecule has 1 saturated heterocycles. The van der Waals surface area contributed by atoms with Gasteiger partial charge < -0.3 is 25.8 Å². The van der Waals surface area contributed by atoms with Gasteiger partial charge in [-0.25, -0.2) is 15.0 Å². The summed E-state index contributed by atoms with van der Waals surface area (Å²) in [5.74, 6) is 0.873. The van der Waals surface area contributed by atoms with E-state index in [2.05, 4.69) is 15.0 Å². The Balaban J connectivity index is 2.08. The van der Waals surface area contributed by atoms with Gasteiger partial charge in [0.1, 0.15) is 29.7 Å². The van der Waals surface area contributed by atoms with Gasteiger partial charge in [0.05, 0.1) is 12.9 Å². The van der Waals surface area contributed by atoms with Crippen molar-refractivity contribution in [1.29, 1.82) is 0 Å². The number of rotatable bonds is 3. The summed E-state index contributed by atoms with van der Waals surface area (Å²) in [6.45, 7) is 3.48. The number of aliphatic hydroxyl groups is 3. The Morgan fingerprint density at radius 2 is 2.05 bits per heavy atom. The molecule has 0 aliphatic carbocycles. The Morgan fingerprint density at radius 1 is 1.32 bits per heavy atom. The van der Waals surface area contributed by atoms with Gasteiger partial charge in [0, 0.05) is 5.92 Å². The molecule has 22 heavy (non-hydrogen) atoms. The molecule has 120 valence electrons. The highest BCUT2D eigenvalue weighted by molar-refractivity contribution is 5.81. The summed E-state index contributed by atoms with van der Waals surface area (Å²) in [7, 11) is 0. The molecule has 2 aromatic heterocycles. The molecule has 0 saturated carbocycles. The second-order valence-corrected chi connectivity index (χ2v) is 5.67. The highest BCUT2D eigenvalue weighted by Crippen LogP contribution is 2.32. The molecule has 0 amide bonds. The lowest BCUT2D eigenvalue weighted by molar-refractivity contribution is -0.0511. The van der Waals surface area contributed by atoms with E-state index < -0.39 is 31.1 Å². The van der Waals surface area contributed by atoms with Crippen molar-refractivity contribution >= 4 is 17.0 Å². The van der Waals surface area contributed by atoms with Crippen molar-refractivity contribution in [2.24, 2.45) is 0 Å². The van der Waals surface area contributed by atoms with Gasteiger partial charge in [-0.2, -0.15) is 0 Å². The molecule has 3 rings (SSSR count). The maximum atomic E-state index is 10.1. The molecule has 0 bridgehead atoms. The van der Waals surface area contributed by atoms with Gasteiger partial charge in [0.15, 0.2) is 17.7 Å². The fourth-order valence-corrected chi connectivity index (χ4v) is 2.51. The molecule has 0 aromatic carbocycles. The number of aromatic nitrogens is 4. The Morgan fingerprint density at radius 3 is 2.64 bits per heavy atom. The fraction of sp³-hybridized carbons (Fsp3) is 0.615. The first-order valence-electron chi connectivity index (χ1n) is 7.06. The van der Waals surface area contributed by atoms with Crippen LogP contribution < -0.4 is 5.73 Å². The van der Waals surface area contributed by atoms with Crippen molar-refractivity contribution < 1.29 is 20.1 Å². The molecule has 1 aliphatic rings. The van der Waals surface area contributed by atoms with E-state index in [-0.39, 0.29) is 11.7 Å². The third kappa shape index (κ3) is 2.22. The molecule has 2 unspecified atom stereocenters. The van der Waals surface area contributed by atoms with E-state index in [0.29, 0.717) is 17.0 Å². The van der Waals surface area contributed by atoms with Gasteiger partial charge in [-0.3, -0.25) is 4.57 Å². The first-order valence-corrected chi connectivity index (χ1v) is 7.06. The summed E-state index contributed by atoms with van der Waals surface area (Å²) in [4.78, 5) is 12.8. The second kappa shape index (κ2) is 5.43. The number of fused-ring (bicyclic) bond motifs is 1. The molecule has 2 aromatic rings. The van der Waals surface area contributed by atoms with Crippen LogP contribution in [0.5, 0.6) is 0 Å². The quantitative estimate of drug-likeness (QED) is 0.574. The summed E-state index contributed by atoms with van der Waals surface area (Å²) >= 11 is 0. The van der Waals surface area contributed by atoms with Crippen LogP contribution in [-0.2, 0) is 4.74 Å². The Hall–Kier alpha value is -1.81. The van der Waals surface area contributed by atoms with Gasteiger partial charge >= 0.3 is 0 Å². The third-order valence-electron chi connectivity index (χ3n) is 3.77. The van der Waals surface area contributed by atoms with Crippen molar-refractivity contribution in [3.8, 4) is 0 Å². The number of nitrogens with zero attached hydrogens (tertiary/aromatic N) is 4. The summed E-state index contributed by atoms with van der Waals surface area (Å²) in [5, 5.41) is 29.2. The first kappa shape index (κ1) is 15.1. The maximum absolute atomic E-state index is 10.1. The summed E-state index contributed by atoms with van der Waals surface area (Å²) in [6.07, 6.45) is -2.71. The maximum Gasteiger partial charge on any atom is 0.167 e. The zero-order valence-electron chi connectivity index (χ0n) is 12.3. The van der Waals surface area contributed by atoms with Crippen LogP contribution in [0, 0.1) is 0 Å². The molecule has 0 spiro atoms. The minimum atomic E-state index is -1.20. The van der Waals surface area contributed by atoms with E-state index in [1.54, 1.807) is 0 Å². The van der Waals surface area contributed by atoms with Crippen molar-refractivity contribution in [2.75, 3.05) is 12.3 Å². The fourth-order valence-electron chi connectivity index (χ4n) is 2.51. The van der Waals surface area contributed by atoms with Crippen molar-refractivity contribution in [3.63, 3.8) is 0 Å². The Labute approximate surface area is 126 Å². The normalized spacial score (nSPS) is 28.8. The van der Waals surface area contributed by atoms with Crippen LogP contribution in [0.3, 0.4) is 0 Å². The molecule has 1 aliphatic heterocycles. The minimum Gasteiger partial charge on any atom is -0.394 e. The van der Waals surface area contributed by atoms with Crippen LogP contribution in [0.1, 0.15) is 31.8 Å². The predicted octanol–water partition coefficient (Wildman–Crippen LogP) is -0.857. The van der Waals surface area contributed by atoms with E-state index in [4.69, 9.17) is 10.5 Å². The van der Waals surface area contributed by atoms with Crippen molar-refractivity contribution in [3.05, 3.63) is 12.2 Å². The number of hydrogen-bond acceptors (Lipinski definition) is 8.